The van der Waals surface area contributed by atoms with Gasteiger partial charge >= 0.3 is 7.60 Å². The molecule has 4 N–H and O–H groups in total. The molecule has 41 heavy (non-hydrogen) atoms. The molecule has 9 nitrogen and oxygen atoms in total. The molecule has 10 heteroatoms. The van der Waals surface area contributed by atoms with Gasteiger partial charge in [-0.05, 0) is 12.8 Å². The highest BCUT2D eigenvalue weighted by molar-refractivity contribution is 7.53. The third-order valence-corrected chi connectivity index (χ3v) is 10.4. The predicted octanol–water partition coefficient (Wildman–Crippen LogP) is 5.99. The first-order valence-electron chi connectivity index (χ1n) is 16.4. The Kier molecular flexibility index (Phi) is 22.1. The molecule has 0 bridgehead atoms. The second kappa shape index (κ2) is 23.3. The molecule has 0 aliphatic heterocycles. The van der Waals surface area contributed by atoms with E-state index in [4.69, 9.17) is 18.5 Å². The van der Waals surface area contributed by atoms with E-state index in [1.807, 2.05) is 0 Å². The number of aliphatic hydroxyl groups excluding tert-OH is 4. The molecule has 1 aliphatic rings. The van der Waals surface area contributed by atoms with Crippen molar-refractivity contribution in [1.82, 2.24) is 0 Å². The maximum absolute atomic E-state index is 13.2. The quantitative estimate of drug-likeness (QED) is 0.0688. The van der Waals surface area contributed by atoms with E-state index < -0.39 is 44.0 Å². The summed E-state index contributed by atoms with van der Waals surface area (Å²) in [5, 5.41) is 40.9. The Labute approximate surface area is 250 Å². The number of aliphatic hydroxyl groups is 4. The molecule has 0 heterocycles. The maximum Gasteiger partial charge on any atom is 0.330 e. The summed E-state index contributed by atoms with van der Waals surface area (Å²) >= 11 is 0. The second-order valence-corrected chi connectivity index (χ2v) is 14.2. The fraction of sp³-hybridized carbons (Fsp3) is 1.00. The molecule has 6 unspecified atom stereocenters. The second-order valence-electron chi connectivity index (χ2n) is 11.9. The average molecular weight is 611 g/mol. The molecule has 0 aromatic rings. The van der Waals surface area contributed by atoms with Crippen LogP contribution < -0.4 is 0 Å². The van der Waals surface area contributed by atoms with Crippen molar-refractivity contribution >= 4 is 7.60 Å². The zero-order chi connectivity index (χ0) is 30.5. The summed E-state index contributed by atoms with van der Waals surface area (Å²) in [6.45, 7) is 4.77. The number of unbranched alkanes of at least 4 members (excludes halogenated alkanes) is 15. The van der Waals surface area contributed by atoms with Crippen molar-refractivity contribution in [2.24, 2.45) is 5.92 Å². The Morgan fingerprint density at radius 3 is 1.54 bits per heavy atom. The number of hydrogen-bond acceptors (Lipinski definition) is 9. The Hall–Kier alpha value is -0.0900. The number of ether oxygens (including phenoxy) is 2. The third kappa shape index (κ3) is 16.0. The largest absolute Gasteiger partial charge is 0.390 e. The molecule has 0 radical (unpaired) electrons. The average Bonchev–Trinajstić information content (AvgIpc) is 2.98. The van der Waals surface area contributed by atoms with Gasteiger partial charge in [-0.1, -0.05) is 110 Å². The Balaban J connectivity index is 2.10. The summed E-state index contributed by atoms with van der Waals surface area (Å²) in [7, 11) is -0.950. The maximum atomic E-state index is 13.2. The van der Waals surface area contributed by atoms with Crippen LogP contribution in [-0.4, -0.2) is 90.6 Å². The van der Waals surface area contributed by atoms with Crippen molar-refractivity contribution in [2.45, 2.75) is 160 Å². The minimum Gasteiger partial charge on any atom is -0.390 e. The summed E-state index contributed by atoms with van der Waals surface area (Å²) in [6.07, 6.45) is 14.1. The number of hydrogen-bond donors (Lipinski definition) is 4. The van der Waals surface area contributed by atoms with Gasteiger partial charge in [-0.15, -0.1) is 0 Å². The fourth-order valence-electron chi connectivity index (χ4n) is 5.45. The summed E-state index contributed by atoms with van der Waals surface area (Å²) in [4.78, 5) is 0. The van der Waals surface area contributed by atoms with E-state index >= 15 is 0 Å². The molecule has 0 aromatic heterocycles. The molecule has 0 saturated heterocycles. The minimum atomic E-state index is -3.74. The lowest BCUT2D eigenvalue weighted by Crippen LogP contribution is -2.60. The first-order chi connectivity index (χ1) is 19.7. The van der Waals surface area contributed by atoms with Crippen molar-refractivity contribution in [3.8, 4) is 0 Å². The van der Waals surface area contributed by atoms with Crippen molar-refractivity contribution < 1.29 is 43.5 Å². The first kappa shape index (κ1) is 38.9. The van der Waals surface area contributed by atoms with Gasteiger partial charge in [0.25, 0.3) is 0 Å². The van der Waals surface area contributed by atoms with Crippen molar-refractivity contribution in [3.63, 3.8) is 0 Å². The molecule has 1 aliphatic carbocycles. The van der Waals surface area contributed by atoms with Gasteiger partial charge in [0.1, 0.15) is 18.3 Å². The lowest BCUT2D eigenvalue weighted by Gasteiger charge is -2.43. The summed E-state index contributed by atoms with van der Waals surface area (Å²) in [5.41, 5.74) is 0. The van der Waals surface area contributed by atoms with E-state index in [0.29, 0.717) is 19.6 Å². The van der Waals surface area contributed by atoms with Gasteiger partial charge in [-0.25, -0.2) is 0 Å². The molecule has 0 amide bonds. The zero-order valence-corrected chi connectivity index (χ0v) is 27.4. The van der Waals surface area contributed by atoms with Crippen LogP contribution in [0.1, 0.15) is 123 Å². The van der Waals surface area contributed by atoms with Crippen LogP contribution in [0, 0.1) is 5.92 Å². The molecule has 1 saturated carbocycles. The van der Waals surface area contributed by atoms with Gasteiger partial charge in [0.05, 0.1) is 31.1 Å². The topological polar surface area (TPSA) is 135 Å². The zero-order valence-electron chi connectivity index (χ0n) is 26.5. The standard InChI is InChI=1S/C31H63O9P/c1-5-6-7-8-9-10-11-12-13-14-15-16-17-18-19-20-22-39-24-26(37-3)21-23-41(36,38-4)40-31-29(34)27(32)25(2)28(33)30(31)35/h25-35H,5-24H2,1-4H3. The smallest absolute Gasteiger partial charge is 0.330 e. The van der Waals surface area contributed by atoms with Crippen LogP contribution >= 0.6 is 7.60 Å². The third-order valence-electron chi connectivity index (χ3n) is 8.52. The van der Waals surface area contributed by atoms with Gasteiger partial charge in [-0.3, -0.25) is 9.09 Å². The highest BCUT2D eigenvalue weighted by Gasteiger charge is 2.50. The van der Waals surface area contributed by atoms with Gasteiger partial charge in [0.15, 0.2) is 0 Å². The van der Waals surface area contributed by atoms with E-state index in [9.17, 15) is 25.0 Å². The van der Waals surface area contributed by atoms with Gasteiger partial charge in [0, 0.05) is 26.7 Å². The molecule has 1 fully saturated rings. The van der Waals surface area contributed by atoms with Crippen LogP contribution in [0.3, 0.4) is 0 Å². The van der Waals surface area contributed by atoms with Gasteiger partial charge < -0.3 is 34.4 Å². The molecule has 1 rings (SSSR count). The lowest BCUT2D eigenvalue weighted by atomic mass is 9.80. The normalized spacial score (nSPS) is 27.1. The molecule has 0 aromatic carbocycles. The summed E-state index contributed by atoms with van der Waals surface area (Å²) in [5.74, 6) is -0.758. The molecule has 6 atom stereocenters. The highest BCUT2D eigenvalue weighted by Crippen LogP contribution is 2.51. The molecule has 246 valence electrons. The number of rotatable bonds is 26. The van der Waals surface area contributed by atoms with E-state index in [-0.39, 0.29) is 12.3 Å². The van der Waals surface area contributed by atoms with E-state index in [1.165, 1.54) is 104 Å². The van der Waals surface area contributed by atoms with E-state index in [0.717, 1.165) is 12.8 Å². The SMILES string of the molecule is CCCCCCCCCCCCCCCCCCOCC(CCP(=O)(OC)OC1C(O)C(O)C(C)C(O)C1O)OC. The number of methoxy groups -OCH3 is 1. The molecular weight excluding hydrogens is 547 g/mol. The predicted molar refractivity (Wildman–Crippen MR) is 163 cm³/mol. The monoisotopic (exact) mass is 610 g/mol. The Bertz CT molecular complexity index is 651. The van der Waals surface area contributed by atoms with Gasteiger partial charge in [-0.2, -0.15) is 0 Å². The fourth-order valence-corrected chi connectivity index (χ4v) is 7.05. The first-order valence-corrected chi connectivity index (χ1v) is 18.1. The van der Waals surface area contributed by atoms with Crippen molar-refractivity contribution in [2.75, 3.05) is 33.6 Å². The highest BCUT2D eigenvalue weighted by atomic mass is 31.2. The Morgan fingerprint density at radius 2 is 1.12 bits per heavy atom. The minimum absolute atomic E-state index is 0.0257. The van der Waals surface area contributed by atoms with Crippen LogP contribution in [0.2, 0.25) is 0 Å². The van der Waals surface area contributed by atoms with E-state index in [2.05, 4.69) is 6.92 Å². The van der Waals surface area contributed by atoms with Crippen LogP contribution in [0.5, 0.6) is 0 Å². The Morgan fingerprint density at radius 1 is 0.683 bits per heavy atom. The van der Waals surface area contributed by atoms with Crippen LogP contribution in [-0.2, 0) is 23.1 Å². The van der Waals surface area contributed by atoms with E-state index in [1.54, 1.807) is 7.11 Å². The van der Waals surface area contributed by atoms with Crippen LogP contribution in [0.4, 0.5) is 0 Å². The molecular formula is C31H63O9P. The van der Waals surface area contributed by atoms with Crippen molar-refractivity contribution in [3.05, 3.63) is 0 Å². The van der Waals surface area contributed by atoms with Crippen LogP contribution in [0.25, 0.3) is 0 Å². The summed E-state index contributed by atoms with van der Waals surface area (Å²) in [6, 6.07) is 0. The van der Waals surface area contributed by atoms with Crippen molar-refractivity contribution in [1.29, 1.82) is 0 Å². The lowest BCUT2D eigenvalue weighted by molar-refractivity contribution is -0.194. The van der Waals surface area contributed by atoms with Crippen LogP contribution in [0.15, 0.2) is 0 Å². The summed E-state index contributed by atoms with van der Waals surface area (Å²) < 4.78 is 35.0. The molecule has 0 spiro atoms. The van der Waals surface area contributed by atoms with Gasteiger partial charge in [0.2, 0.25) is 0 Å².